The van der Waals surface area contributed by atoms with Gasteiger partial charge >= 0.3 is 17.9 Å². The predicted molar refractivity (Wildman–Crippen MR) is 247 cm³/mol. The maximum Gasteiger partial charge on any atom is 0.306 e. The van der Waals surface area contributed by atoms with Crippen LogP contribution in [0.25, 0.3) is 0 Å². The van der Waals surface area contributed by atoms with Gasteiger partial charge in [-0.25, -0.2) is 0 Å². The van der Waals surface area contributed by atoms with Crippen LogP contribution in [0.5, 0.6) is 0 Å². The van der Waals surface area contributed by atoms with Gasteiger partial charge in [-0.1, -0.05) is 183 Å². The van der Waals surface area contributed by atoms with E-state index in [-0.39, 0.29) is 31.1 Å². The average Bonchev–Trinajstić information content (AvgIpc) is 3.22. The second kappa shape index (κ2) is 46.3. The lowest BCUT2D eigenvalue weighted by molar-refractivity contribution is -0.167. The van der Waals surface area contributed by atoms with Crippen molar-refractivity contribution in [2.45, 2.75) is 213 Å². The Morgan fingerprint density at radius 1 is 0.362 bits per heavy atom. The minimum atomic E-state index is -0.790. The molecule has 0 radical (unpaired) electrons. The van der Waals surface area contributed by atoms with Crippen molar-refractivity contribution in [1.82, 2.24) is 0 Å². The SMILES string of the molecule is CC/C=C\C/C=C\C/C=C\C/C=C\CCCCCCCCCCC(=O)OCC(COC(=O)CCCCCCCC)OC(=O)CCCCC/C=C\C/C=C\C/C=C\CC. The van der Waals surface area contributed by atoms with E-state index < -0.39 is 6.10 Å². The van der Waals surface area contributed by atoms with Crippen LogP contribution >= 0.6 is 0 Å². The summed E-state index contributed by atoms with van der Waals surface area (Å²) in [5, 5.41) is 0. The fourth-order valence-corrected chi connectivity index (χ4v) is 6.15. The smallest absolute Gasteiger partial charge is 0.306 e. The Morgan fingerprint density at radius 3 is 1.07 bits per heavy atom. The van der Waals surface area contributed by atoms with Gasteiger partial charge in [-0.05, 0) is 89.9 Å². The molecule has 0 fully saturated rings. The normalized spacial score (nSPS) is 12.8. The molecule has 0 heterocycles. The van der Waals surface area contributed by atoms with Gasteiger partial charge in [0.25, 0.3) is 0 Å². The van der Waals surface area contributed by atoms with Crippen molar-refractivity contribution in [3.05, 3.63) is 85.1 Å². The third-order valence-electron chi connectivity index (χ3n) is 9.65. The zero-order valence-electron chi connectivity index (χ0n) is 37.5. The van der Waals surface area contributed by atoms with E-state index in [2.05, 4.69) is 106 Å². The summed E-state index contributed by atoms with van der Waals surface area (Å²) in [4.78, 5) is 37.6. The van der Waals surface area contributed by atoms with Gasteiger partial charge in [-0.2, -0.15) is 0 Å². The molecule has 1 atom stereocenters. The van der Waals surface area contributed by atoms with Crippen LogP contribution in [0.15, 0.2) is 85.1 Å². The molecule has 0 saturated carbocycles. The minimum Gasteiger partial charge on any atom is -0.462 e. The highest BCUT2D eigenvalue weighted by Gasteiger charge is 2.19. The van der Waals surface area contributed by atoms with Gasteiger partial charge in [0.2, 0.25) is 0 Å². The van der Waals surface area contributed by atoms with Crippen LogP contribution in [0.1, 0.15) is 207 Å². The summed E-state index contributed by atoms with van der Waals surface area (Å²) < 4.78 is 16.6. The molecule has 0 aromatic rings. The second-order valence-electron chi connectivity index (χ2n) is 15.3. The van der Waals surface area contributed by atoms with Gasteiger partial charge in [0.05, 0.1) is 0 Å². The number of ether oxygens (including phenoxy) is 3. The fourth-order valence-electron chi connectivity index (χ4n) is 6.15. The summed E-state index contributed by atoms with van der Waals surface area (Å²) in [5.74, 6) is -0.946. The average molecular weight is 807 g/mol. The lowest BCUT2D eigenvalue weighted by Gasteiger charge is -2.18. The molecule has 6 nitrogen and oxygen atoms in total. The van der Waals surface area contributed by atoms with Crippen molar-refractivity contribution < 1.29 is 28.6 Å². The first-order valence-electron chi connectivity index (χ1n) is 23.6. The standard InChI is InChI=1S/C52H86O6/c1-4-7-10-13-16-18-20-22-23-24-25-26-27-28-29-31-32-34-36-39-42-45-51(54)57-48-49(47-56-50(53)44-41-38-15-12-9-6-3)58-52(55)46-43-40-37-35-33-30-21-19-17-14-11-8-5-2/h7-8,10-11,16-19,22-23,25-26,30,33,49H,4-6,9,12-15,20-21,24,27-29,31-32,34-48H2,1-3H3/b10-7-,11-8-,18-16-,19-17-,23-22-,26-25-,33-30-. The highest BCUT2D eigenvalue weighted by atomic mass is 16.6. The molecule has 0 saturated heterocycles. The Labute approximate surface area is 356 Å². The number of esters is 3. The first kappa shape index (κ1) is 54.6. The van der Waals surface area contributed by atoms with Crippen molar-refractivity contribution in [3.8, 4) is 0 Å². The minimum absolute atomic E-state index is 0.0920. The maximum absolute atomic E-state index is 12.7. The van der Waals surface area contributed by atoms with Crippen LogP contribution in [0.2, 0.25) is 0 Å². The largest absolute Gasteiger partial charge is 0.462 e. The van der Waals surface area contributed by atoms with E-state index in [1.54, 1.807) is 0 Å². The highest BCUT2D eigenvalue weighted by molar-refractivity contribution is 5.71. The number of allylic oxidation sites excluding steroid dienone is 14. The summed E-state index contributed by atoms with van der Waals surface area (Å²) in [6, 6.07) is 0. The van der Waals surface area contributed by atoms with Crippen molar-refractivity contribution in [1.29, 1.82) is 0 Å². The van der Waals surface area contributed by atoms with Gasteiger partial charge in [0, 0.05) is 19.3 Å². The Kier molecular flexibility index (Phi) is 43.6. The molecule has 330 valence electrons. The Hall–Kier alpha value is -3.41. The molecule has 1 unspecified atom stereocenters. The predicted octanol–water partition coefficient (Wildman–Crippen LogP) is 15.3. The van der Waals surface area contributed by atoms with E-state index in [9.17, 15) is 14.4 Å². The van der Waals surface area contributed by atoms with Crippen molar-refractivity contribution >= 4 is 17.9 Å². The summed E-state index contributed by atoms with van der Waals surface area (Å²) in [7, 11) is 0. The zero-order valence-corrected chi connectivity index (χ0v) is 37.5. The van der Waals surface area contributed by atoms with E-state index >= 15 is 0 Å². The Morgan fingerprint density at radius 2 is 0.672 bits per heavy atom. The molecule has 0 N–H and O–H groups in total. The molecule has 0 aromatic heterocycles. The number of unbranched alkanes of at least 4 members (excludes halogenated alkanes) is 16. The molecule has 0 bridgehead atoms. The molecule has 0 aliphatic carbocycles. The van der Waals surface area contributed by atoms with E-state index in [4.69, 9.17) is 14.2 Å². The zero-order chi connectivity index (χ0) is 42.3. The molecular weight excluding hydrogens is 721 g/mol. The van der Waals surface area contributed by atoms with Crippen LogP contribution in [0.4, 0.5) is 0 Å². The van der Waals surface area contributed by atoms with Crippen LogP contribution < -0.4 is 0 Å². The van der Waals surface area contributed by atoms with E-state index in [1.807, 2.05) is 0 Å². The fraction of sp³-hybridized carbons (Fsp3) is 0.673. The molecule has 0 aliphatic rings. The van der Waals surface area contributed by atoms with Crippen LogP contribution in [-0.4, -0.2) is 37.2 Å². The monoisotopic (exact) mass is 807 g/mol. The van der Waals surface area contributed by atoms with Crippen molar-refractivity contribution in [2.75, 3.05) is 13.2 Å². The van der Waals surface area contributed by atoms with Crippen LogP contribution in [-0.2, 0) is 28.6 Å². The topological polar surface area (TPSA) is 78.9 Å². The second-order valence-corrected chi connectivity index (χ2v) is 15.3. The maximum atomic E-state index is 12.7. The van der Waals surface area contributed by atoms with Gasteiger partial charge in [0.1, 0.15) is 13.2 Å². The first-order valence-corrected chi connectivity index (χ1v) is 23.6. The van der Waals surface area contributed by atoms with E-state index in [0.29, 0.717) is 19.3 Å². The number of carbonyl (C=O) groups excluding carboxylic acids is 3. The summed E-state index contributed by atoms with van der Waals surface area (Å²) in [5.41, 5.74) is 0. The molecule has 0 spiro atoms. The number of carbonyl (C=O) groups is 3. The van der Waals surface area contributed by atoms with Gasteiger partial charge in [0.15, 0.2) is 6.10 Å². The number of rotatable bonds is 41. The molecule has 0 rings (SSSR count). The lowest BCUT2D eigenvalue weighted by atomic mass is 10.1. The molecule has 6 heteroatoms. The molecule has 58 heavy (non-hydrogen) atoms. The van der Waals surface area contributed by atoms with Crippen LogP contribution in [0.3, 0.4) is 0 Å². The lowest BCUT2D eigenvalue weighted by Crippen LogP contribution is -2.30. The summed E-state index contributed by atoms with van der Waals surface area (Å²) in [6.45, 7) is 6.30. The summed E-state index contributed by atoms with van der Waals surface area (Å²) in [6.07, 6.45) is 58.8. The molecular formula is C52H86O6. The third-order valence-corrected chi connectivity index (χ3v) is 9.65. The number of hydrogen-bond acceptors (Lipinski definition) is 6. The van der Waals surface area contributed by atoms with Crippen molar-refractivity contribution in [3.63, 3.8) is 0 Å². The van der Waals surface area contributed by atoms with Crippen LogP contribution in [0, 0.1) is 0 Å². The van der Waals surface area contributed by atoms with E-state index in [0.717, 1.165) is 116 Å². The highest BCUT2D eigenvalue weighted by Crippen LogP contribution is 2.13. The molecule has 0 aromatic carbocycles. The number of hydrogen-bond donors (Lipinski definition) is 0. The molecule has 0 amide bonds. The van der Waals surface area contributed by atoms with E-state index in [1.165, 1.54) is 51.4 Å². The molecule has 0 aliphatic heterocycles. The summed E-state index contributed by atoms with van der Waals surface area (Å²) >= 11 is 0. The van der Waals surface area contributed by atoms with Gasteiger partial charge < -0.3 is 14.2 Å². The Bertz CT molecular complexity index is 1160. The quantitative estimate of drug-likeness (QED) is 0.0265. The first-order chi connectivity index (χ1) is 28.5. The third kappa shape index (κ3) is 43.7. The van der Waals surface area contributed by atoms with Gasteiger partial charge in [-0.15, -0.1) is 0 Å². The Balaban J connectivity index is 4.26. The van der Waals surface area contributed by atoms with Gasteiger partial charge in [-0.3, -0.25) is 14.4 Å². The van der Waals surface area contributed by atoms with Crippen molar-refractivity contribution in [2.24, 2.45) is 0 Å².